The van der Waals surface area contributed by atoms with Gasteiger partial charge in [0.05, 0.1) is 31.3 Å². The summed E-state index contributed by atoms with van der Waals surface area (Å²) in [5, 5.41) is 19.2. The molecule has 11 nitrogen and oxygen atoms in total. The van der Waals surface area contributed by atoms with Crippen molar-refractivity contribution >= 4 is 23.2 Å². The van der Waals surface area contributed by atoms with E-state index in [1.54, 1.807) is 35.8 Å². The fourth-order valence-electron chi connectivity index (χ4n) is 4.20. The molecule has 1 aromatic carbocycles. The van der Waals surface area contributed by atoms with Crippen molar-refractivity contribution in [3.05, 3.63) is 51.6 Å². The summed E-state index contributed by atoms with van der Waals surface area (Å²) in [5.74, 6) is 6.13. The lowest BCUT2D eigenvalue weighted by atomic mass is 10.1. The van der Waals surface area contributed by atoms with Crippen LogP contribution >= 0.6 is 0 Å². The lowest BCUT2D eigenvalue weighted by Gasteiger charge is -2.32. The Hall–Kier alpha value is -4.82. The van der Waals surface area contributed by atoms with E-state index in [-0.39, 0.29) is 30.1 Å². The average Bonchev–Trinajstić information content (AvgIpc) is 3.22. The Morgan fingerprint density at radius 2 is 2.03 bits per heavy atom. The zero-order chi connectivity index (χ0) is 24.9. The molecule has 2 aromatic heterocycles. The number of primary amides is 1. The van der Waals surface area contributed by atoms with Gasteiger partial charge in [-0.15, -0.1) is 5.92 Å². The number of rotatable bonds is 5. The van der Waals surface area contributed by atoms with Gasteiger partial charge in [0.15, 0.2) is 11.2 Å². The first-order valence-corrected chi connectivity index (χ1v) is 11.0. The number of hydrogen-bond donors (Lipinski definition) is 1. The topological polar surface area (TPSA) is 156 Å². The van der Waals surface area contributed by atoms with Crippen LogP contribution in [0.15, 0.2) is 29.1 Å². The SMILES string of the molecule is CC#CCn1c(N2CCCC(OC(N)=O)C2)nc2nc(C#N)n(Cc3ccccc3C#N)c(=O)c21. The second-order valence-electron chi connectivity index (χ2n) is 7.95. The molecule has 1 saturated heterocycles. The molecule has 0 bridgehead atoms. The molecule has 35 heavy (non-hydrogen) atoms. The van der Waals surface area contributed by atoms with Crippen molar-refractivity contribution in [2.45, 2.75) is 39.0 Å². The van der Waals surface area contributed by atoms with E-state index < -0.39 is 17.8 Å². The predicted octanol–water partition coefficient (Wildman–Crippen LogP) is 1.47. The first-order chi connectivity index (χ1) is 17.0. The van der Waals surface area contributed by atoms with Crippen LogP contribution in [0.4, 0.5) is 10.7 Å². The van der Waals surface area contributed by atoms with Crippen molar-refractivity contribution in [2.24, 2.45) is 5.73 Å². The largest absolute Gasteiger partial charge is 0.445 e. The number of fused-ring (bicyclic) bond motifs is 1. The van der Waals surface area contributed by atoms with E-state index in [2.05, 4.69) is 27.9 Å². The Balaban J connectivity index is 1.86. The van der Waals surface area contributed by atoms with Crippen LogP contribution in [-0.2, 0) is 17.8 Å². The molecule has 0 radical (unpaired) electrons. The molecule has 3 heterocycles. The van der Waals surface area contributed by atoms with E-state index in [1.807, 2.05) is 11.0 Å². The average molecular weight is 470 g/mol. The highest BCUT2D eigenvalue weighted by Crippen LogP contribution is 2.24. The third-order valence-electron chi connectivity index (χ3n) is 5.77. The molecule has 1 unspecified atom stereocenters. The number of carbonyl (C=O) groups is 1. The molecule has 0 saturated carbocycles. The molecular formula is C24H22N8O3. The molecule has 176 valence electrons. The Labute approximate surface area is 201 Å². The fraction of sp³-hybridized carbons (Fsp3) is 0.333. The molecule has 1 aliphatic rings. The molecule has 0 spiro atoms. The number of anilines is 1. The van der Waals surface area contributed by atoms with E-state index in [0.717, 1.165) is 6.42 Å². The quantitative estimate of drug-likeness (QED) is 0.550. The minimum atomic E-state index is -0.844. The number of benzene rings is 1. The van der Waals surface area contributed by atoms with Crippen LogP contribution in [0, 0.1) is 34.5 Å². The van der Waals surface area contributed by atoms with Gasteiger partial charge in [0.1, 0.15) is 12.2 Å². The highest BCUT2D eigenvalue weighted by atomic mass is 16.6. The summed E-state index contributed by atoms with van der Waals surface area (Å²) in [5.41, 5.74) is 6.06. The lowest BCUT2D eigenvalue weighted by Crippen LogP contribution is -2.42. The van der Waals surface area contributed by atoms with Crippen LogP contribution in [0.3, 0.4) is 0 Å². The van der Waals surface area contributed by atoms with Crippen molar-refractivity contribution in [1.82, 2.24) is 19.1 Å². The van der Waals surface area contributed by atoms with Gasteiger partial charge in [-0.3, -0.25) is 13.9 Å². The number of piperidine rings is 1. The van der Waals surface area contributed by atoms with Crippen LogP contribution in [0.5, 0.6) is 0 Å². The number of imidazole rings is 1. The van der Waals surface area contributed by atoms with Gasteiger partial charge in [-0.25, -0.2) is 4.79 Å². The summed E-state index contributed by atoms with van der Waals surface area (Å²) in [6.45, 7) is 2.85. The number of amides is 1. The standard InChI is InChI=1S/C24H22N8O3/c1-2-3-11-31-20-21(29-24(31)30-10-6-9-18(15-30)35-23(27)34)28-19(13-26)32(22(20)33)14-17-8-5-4-7-16(17)12-25/h4-5,7-8,18H,6,9-11,14-15H2,1H3,(H2,27,34). The monoisotopic (exact) mass is 470 g/mol. The predicted molar refractivity (Wildman–Crippen MR) is 126 cm³/mol. The summed E-state index contributed by atoms with van der Waals surface area (Å²) >= 11 is 0. The first-order valence-electron chi connectivity index (χ1n) is 11.0. The van der Waals surface area contributed by atoms with Crippen LogP contribution in [0.2, 0.25) is 0 Å². The van der Waals surface area contributed by atoms with E-state index >= 15 is 0 Å². The number of carbonyl (C=O) groups excluding carboxylic acids is 1. The third kappa shape index (κ3) is 4.64. The highest BCUT2D eigenvalue weighted by Gasteiger charge is 2.28. The van der Waals surface area contributed by atoms with Gasteiger partial charge in [0.2, 0.25) is 11.8 Å². The highest BCUT2D eigenvalue weighted by molar-refractivity contribution is 5.75. The second-order valence-corrected chi connectivity index (χ2v) is 7.95. The summed E-state index contributed by atoms with van der Waals surface area (Å²) < 4.78 is 8.10. The molecule has 3 aromatic rings. The van der Waals surface area contributed by atoms with Gasteiger partial charge in [-0.1, -0.05) is 24.1 Å². The van der Waals surface area contributed by atoms with Crippen LogP contribution in [-0.4, -0.2) is 44.4 Å². The molecule has 0 aliphatic carbocycles. The van der Waals surface area contributed by atoms with Crippen LogP contribution in [0.25, 0.3) is 11.2 Å². The van der Waals surface area contributed by atoms with Gasteiger partial charge < -0.3 is 15.4 Å². The number of aromatic nitrogens is 4. The Bertz CT molecular complexity index is 1500. The van der Waals surface area contributed by atoms with E-state index in [4.69, 9.17) is 10.5 Å². The molecule has 1 amide bonds. The summed E-state index contributed by atoms with van der Waals surface area (Å²) in [4.78, 5) is 35.8. The number of hydrogen-bond acceptors (Lipinski definition) is 8. The molecule has 11 heteroatoms. The minimum Gasteiger partial charge on any atom is -0.445 e. The van der Waals surface area contributed by atoms with Gasteiger partial charge in [-0.2, -0.15) is 20.5 Å². The van der Waals surface area contributed by atoms with Crippen molar-refractivity contribution in [2.75, 3.05) is 18.0 Å². The summed E-state index contributed by atoms with van der Waals surface area (Å²) in [6, 6.07) is 11.0. The Kier molecular flexibility index (Phi) is 6.66. The third-order valence-corrected chi connectivity index (χ3v) is 5.77. The maximum absolute atomic E-state index is 13.7. The van der Waals surface area contributed by atoms with Crippen molar-refractivity contribution in [1.29, 1.82) is 10.5 Å². The van der Waals surface area contributed by atoms with Gasteiger partial charge in [0.25, 0.3) is 5.56 Å². The molecule has 1 fully saturated rings. The molecule has 2 N–H and O–H groups in total. The van der Waals surface area contributed by atoms with Crippen LogP contribution in [0.1, 0.15) is 36.7 Å². The minimum absolute atomic E-state index is 0.00656. The maximum atomic E-state index is 13.7. The van der Waals surface area contributed by atoms with Crippen molar-refractivity contribution in [3.63, 3.8) is 0 Å². The maximum Gasteiger partial charge on any atom is 0.404 e. The molecule has 1 aliphatic heterocycles. The zero-order valence-electron chi connectivity index (χ0n) is 19.1. The molecular weight excluding hydrogens is 448 g/mol. The van der Waals surface area contributed by atoms with E-state index in [9.17, 15) is 20.1 Å². The summed E-state index contributed by atoms with van der Waals surface area (Å²) in [6.07, 6.45) is 0.139. The zero-order valence-corrected chi connectivity index (χ0v) is 19.1. The van der Waals surface area contributed by atoms with Gasteiger partial charge in [0, 0.05) is 6.54 Å². The number of nitrogens with two attached hydrogens (primary N) is 1. The lowest BCUT2D eigenvalue weighted by molar-refractivity contribution is 0.0962. The Morgan fingerprint density at radius 1 is 1.23 bits per heavy atom. The smallest absolute Gasteiger partial charge is 0.404 e. The Morgan fingerprint density at radius 3 is 2.74 bits per heavy atom. The first kappa shape index (κ1) is 23.3. The number of ether oxygens (including phenoxy) is 1. The second kappa shape index (κ2) is 9.98. The van der Waals surface area contributed by atoms with Gasteiger partial charge in [-0.05, 0) is 31.4 Å². The number of nitrogens with zero attached hydrogens (tertiary/aromatic N) is 7. The fourth-order valence-corrected chi connectivity index (χ4v) is 4.20. The van der Waals surface area contributed by atoms with Gasteiger partial charge >= 0.3 is 6.09 Å². The molecule has 4 rings (SSSR count). The van der Waals surface area contributed by atoms with E-state index in [0.29, 0.717) is 36.6 Å². The van der Waals surface area contributed by atoms with Crippen LogP contribution < -0.4 is 16.2 Å². The van der Waals surface area contributed by atoms with Crippen molar-refractivity contribution in [3.8, 4) is 24.0 Å². The van der Waals surface area contributed by atoms with E-state index in [1.165, 1.54) is 4.57 Å². The summed E-state index contributed by atoms with van der Waals surface area (Å²) in [7, 11) is 0. The normalized spacial score (nSPS) is 15.1. The molecule has 1 atom stereocenters. The van der Waals surface area contributed by atoms with Crippen molar-refractivity contribution < 1.29 is 9.53 Å². The number of nitriles is 2.